The number of hydrogen-bond acceptors (Lipinski definition) is 5. The molecule has 1 saturated heterocycles. The second kappa shape index (κ2) is 7.06. The van der Waals surface area contributed by atoms with Crippen LogP contribution in [0.15, 0.2) is 22.7 Å². The van der Waals surface area contributed by atoms with Gasteiger partial charge in [-0.15, -0.1) is 0 Å². The van der Waals surface area contributed by atoms with Gasteiger partial charge in [0.25, 0.3) is 5.69 Å². The van der Waals surface area contributed by atoms with E-state index in [1.165, 1.54) is 12.1 Å². The number of carbonyl (C=O) groups excluding carboxylic acids is 1. The molecule has 1 aliphatic heterocycles. The topological polar surface area (TPSA) is 69.9 Å². The minimum Gasteiger partial charge on any atom is -0.367 e. The van der Waals surface area contributed by atoms with E-state index >= 15 is 0 Å². The van der Waals surface area contributed by atoms with E-state index in [9.17, 15) is 14.9 Å². The zero-order valence-corrected chi connectivity index (χ0v) is 14.2. The Hall–Kier alpha value is -1.67. The van der Waals surface area contributed by atoms with Crippen LogP contribution in [0.25, 0.3) is 0 Å². The number of hydrogen-bond donors (Lipinski definition) is 0. The van der Waals surface area contributed by atoms with Crippen LogP contribution in [-0.2, 0) is 4.79 Å². The largest absolute Gasteiger partial charge is 0.367 e. The van der Waals surface area contributed by atoms with Crippen LogP contribution < -0.4 is 4.90 Å². The van der Waals surface area contributed by atoms with E-state index in [1.807, 2.05) is 23.9 Å². The Morgan fingerprint density at radius 3 is 2.45 bits per heavy atom. The molecule has 1 aliphatic rings. The van der Waals surface area contributed by atoms with Gasteiger partial charge in [0.05, 0.1) is 17.2 Å². The second-order valence-electron chi connectivity index (χ2n) is 5.50. The van der Waals surface area contributed by atoms with Crippen molar-refractivity contribution in [2.24, 2.45) is 0 Å². The smallest absolute Gasteiger partial charge is 0.270 e. The van der Waals surface area contributed by atoms with Gasteiger partial charge in [0.15, 0.2) is 0 Å². The van der Waals surface area contributed by atoms with Gasteiger partial charge in [0.1, 0.15) is 0 Å². The number of anilines is 1. The second-order valence-corrected chi connectivity index (χ2v) is 6.35. The summed E-state index contributed by atoms with van der Waals surface area (Å²) in [5.74, 6) is 0.132. The Morgan fingerprint density at radius 1 is 1.32 bits per heavy atom. The van der Waals surface area contributed by atoms with Crippen LogP contribution in [0.3, 0.4) is 0 Å². The normalized spacial score (nSPS) is 15.3. The third kappa shape index (κ3) is 3.95. The predicted octanol–water partition coefficient (Wildman–Crippen LogP) is 1.57. The maximum absolute atomic E-state index is 12.0. The number of nitrogens with zero attached hydrogens (tertiary/aromatic N) is 4. The molecule has 1 aromatic carbocycles. The molecule has 120 valence electrons. The Bertz CT molecular complexity index is 571. The lowest BCUT2D eigenvalue weighted by Crippen LogP contribution is -2.50. The molecule has 0 unspecified atom stereocenters. The van der Waals surface area contributed by atoms with Crippen LogP contribution in [0.5, 0.6) is 0 Å². The maximum atomic E-state index is 12.0. The van der Waals surface area contributed by atoms with E-state index in [1.54, 1.807) is 6.07 Å². The van der Waals surface area contributed by atoms with Crippen LogP contribution in [0.4, 0.5) is 11.4 Å². The van der Waals surface area contributed by atoms with Crippen molar-refractivity contribution in [3.63, 3.8) is 0 Å². The van der Waals surface area contributed by atoms with E-state index in [0.29, 0.717) is 24.1 Å². The number of benzene rings is 1. The molecule has 22 heavy (non-hydrogen) atoms. The molecule has 0 spiro atoms. The molecule has 0 atom stereocenters. The molecule has 2 rings (SSSR count). The highest BCUT2D eigenvalue weighted by Crippen LogP contribution is 2.30. The van der Waals surface area contributed by atoms with Gasteiger partial charge < -0.3 is 14.7 Å². The average Bonchev–Trinajstić information content (AvgIpc) is 2.46. The average molecular weight is 371 g/mol. The van der Waals surface area contributed by atoms with E-state index in [4.69, 9.17) is 0 Å². The SMILES string of the molecule is CN(C)CC(=O)N1CCN(c2ccc([N+](=O)[O-])cc2Br)CC1. The summed E-state index contributed by atoms with van der Waals surface area (Å²) in [6.45, 7) is 3.18. The van der Waals surface area contributed by atoms with Gasteiger partial charge in [-0.2, -0.15) is 0 Å². The van der Waals surface area contributed by atoms with E-state index < -0.39 is 4.92 Å². The third-order valence-electron chi connectivity index (χ3n) is 3.57. The molecule has 8 heteroatoms. The van der Waals surface area contributed by atoms with Gasteiger partial charge in [0.2, 0.25) is 5.91 Å². The first-order chi connectivity index (χ1) is 10.4. The number of nitro groups is 1. The molecule has 1 amide bonds. The van der Waals surface area contributed by atoms with Crippen molar-refractivity contribution in [2.45, 2.75) is 0 Å². The van der Waals surface area contributed by atoms with Crippen LogP contribution in [-0.4, -0.2) is 67.4 Å². The predicted molar refractivity (Wildman–Crippen MR) is 88.1 cm³/mol. The zero-order valence-electron chi connectivity index (χ0n) is 12.7. The molecule has 7 nitrogen and oxygen atoms in total. The molecular weight excluding hydrogens is 352 g/mol. The number of likely N-dealkylation sites (N-methyl/N-ethyl adjacent to an activating group) is 1. The van der Waals surface area contributed by atoms with E-state index in [0.717, 1.165) is 18.8 Å². The molecule has 0 saturated carbocycles. The van der Waals surface area contributed by atoms with Crippen LogP contribution in [0.2, 0.25) is 0 Å². The van der Waals surface area contributed by atoms with Crippen molar-refractivity contribution >= 4 is 33.2 Å². The molecule has 0 aromatic heterocycles. The summed E-state index contributed by atoms with van der Waals surface area (Å²) in [5, 5.41) is 10.8. The van der Waals surface area contributed by atoms with Crippen molar-refractivity contribution < 1.29 is 9.72 Å². The number of carbonyl (C=O) groups is 1. The molecular formula is C14H19BrN4O3. The zero-order chi connectivity index (χ0) is 16.3. The lowest BCUT2D eigenvalue weighted by atomic mass is 10.2. The number of non-ortho nitro benzene ring substituents is 1. The summed E-state index contributed by atoms with van der Waals surface area (Å²) in [4.78, 5) is 28.2. The summed E-state index contributed by atoms with van der Waals surface area (Å²) in [7, 11) is 3.75. The monoisotopic (exact) mass is 370 g/mol. The van der Waals surface area contributed by atoms with Crippen molar-refractivity contribution in [1.29, 1.82) is 0 Å². The van der Waals surface area contributed by atoms with Crippen molar-refractivity contribution in [3.05, 3.63) is 32.8 Å². The molecule has 1 aromatic rings. The number of piperazine rings is 1. The first-order valence-corrected chi connectivity index (χ1v) is 7.79. The summed E-state index contributed by atoms with van der Waals surface area (Å²) in [5.41, 5.74) is 0.987. The molecule has 0 N–H and O–H groups in total. The van der Waals surface area contributed by atoms with E-state index in [-0.39, 0.29) is 11.6 Å². The maximum Gasteiger partial charge on any atom is 0.270 e. The van der Waals surface area contributed by atoms with Crippen LogP contribution in [0, 0.1) is 10.1 Å². The standard InChI is InChI=1S/C14H19BrN4O3/c1-16(2)10-14(20)18-7-5-17(6-8-18)13-4-3-11(19(21)22)9-12(13)15/h3-4,9H,5-8,10H2,1-2H3. The lowest BCUT2D eigenvalue weighted by molar-refractivity contribution is -0.384. The van der Waals surface area contributed by atoms with E-state index in [2.05, 4.69) is 20.8 Å². The fourth-order valence-corrected chi connectivity index (χ4v) is 3.05. The number of rotatable bonds is 4. The quantitative estimate of drug-likeness (QED) is 0.594. The lowest BCUT2D eigenvalue weighted by Gasteiger charge is -2.36. The molecule has 1 heterocycles. The highest BCUT2D eigenvalue weighted by atomic mass is 79.9. The van der Waals surface area contributed by atoms with Crippen LogP contribution >= 0.6 is 15.9 Å². The highest BCUT2D eigenvalue weighted by Gasteiger charge is 2.23. The van der Waals surface area contributed by atoms with Crippen LogP contribution in [0.1, 0.15) is 0 Å². The molecule has 0 radical (unpaired) electrons. The molecule has 1 fully saturated rings. The summed E-state index contributed by atoms with van der Waals surface area (Å²) in [6, 6.07) is 4.77. The Kier molecular flexibility index (Phi) is 5.36. The Morgan fingerprint density at radius 2 is 1.95 bits per heavy atom. The first-order valence-electron chi connectivity index (χ1n) is 7.00. The van der Waals surface area contributed by atoms with Gasteiger partial charge >= 0.3 is 0 Å². The number of halogens is 1. The number of amides is 1. The van der Waals surface area contributed by atoms with Gasteiger partial charge in [-0.1, -0.05) is 0 Å². The summed E-state index contributed by atoms with van der Waals surface area (Å²) >= 11 is 3.39. The highest BCUT2D eigenvalue weighted by molar-refractivity contribution is 9.10. The minimum absolute atomic E-state index is 0.0652. The summed E-state index contributed by atoms with van der Waals surface area (Å²) < 4.78 is 0.703. The number of nitro benzene ring substituents is 1. The Labute approximate surface area is 137 Å². The van der Waals surface area contributed by atoms with Gasteiger partial charge in [-0.3, -0.25) is 14.9 Å². The summed E-state index contributed by atoms with van der Waals surface area (Å²) in [6.07, 6.45) is 0. The van der Waals surface area contributed by atoms with Crippen molar-refractivity contribution in [2.75, 3.05) is 51.7 Å². The van der Waals surface area contributed by atoms with Gasteiger partial charge in [-0.05, 0) is 36.1 Å². The molecule has 0 bridgehead atoms. The fraction of sp³-hybridized carbons (Fsp3) is 0.500. The fourth-order valence-electron chi connectivity index (χ4n) is 2.43. The Balaban J connectivity index is 2.00. The molecule has 0 aliphatic carbocycles. The third-order valence-corrected chi connectivity index (χ3v) is 4.20. The first kappa shape index (κ1) is 16.7. The van der Waals surface area contributed by atoms with Gasteiger partial charge in [-0.25, -0.2) is 0 Å². The minimum atomic E-state index is -0.410. The van der Waals surface area contributed by atoms with Crippen molar-refractivity contribution in [3.8, 4) is 0 Å². The van der Waals surface area contributed by atoms with Gasteiger partial charge in [0, 0.05) is 42.8 Å². The van der Waals surface area contributed by atoms with Crippen molar-refractivity contribution in [1.82, 2.24) is 9.80 Å².